The Hall–Kier alpha value is -2.59. The van der Waals surface area contributed by atoms with Crippen molar-refractivity contribution in [3.05, 3.63) is 46.6 Å². The Kier molecular flexibility index (Phi) is 4.64. The zero-order chi connectivity index (χ0) is 18.0. The fraction of sp³-hybridized carbons (Fsp3) is 0.333. The average Bonchev–Trinajstić information content (AvgIpc) is 2.61. The number of carbonyl (C=O) groups excluding carboxylic acids is 1. The lowest BCUT2D eigenvalue weighted by Gasteiger charge is -2.33. The molecule has 1 N–H and O–H groups in total. The van der Waals surface area contributed by atoms with Gasteiger partial charge in [-0.1, -0.05) is 0 Å². The number of nitrogens with one attached hydrogen (secondary N) is 1. The molecule has 9 nitrogen and oxygen atoms in total. The third-order valence-electron chi connectivity index (χ3n) is 3.96. The van der Waals surface area contributed by atoms with E-state index in [1.807, 2.05) is 0 Å². The first-order chi connectivity index (χ1) is 11.9. The molecule has 0 aromatic carbocycles. The van der Waals surface area contributed by atoms with Crippen LogP contribution in [0, 0.1) is 0 Å². The normalized spacial score (nSPS) is 16.0. The molecule has 2 aromatic rings. The van der Waals surface area contributed by atoms with Crippen LogP contribution in [0.5, 0.6) is 0 Å². The number of aromatic amines is 1. The summed E-state index contributed by atoms with van der Waals surface area (Å²) in [6.07, 6.45) is 5.54. The van der Waals surface area contributed by atoms with Crippen molar-refractivity contribution in [3.8, 4) is 11.4 Å². The minimum absolute atomic E-state index is 0.0690. The van der Waals surface area contributed by atoms with E-state index in [2.05, 4.69) is 15.0 Å². The van der Waals surface area contributed by atoms with Crippen LogP contribution in [0.1, 0.15) is 10.4 Å². The van der Waals surface area contributed by atoms with Gasteiger partial charge in [-0.2, -0.15) is 4.31 Å². The van der Waals surface area contributed by atoms with E-state index in [9.17, 15) is 18.0 Å². The largest absolute Gasteiger partial charge is 0.336 e. The van der Waals surface area contributed by atoms with Crippen LogP contribution in [-0.2, 0) is 10.0 Å². The zero-order valence-corrected chi connectivity index (χ0v) is 14.4. The highest BCUT2D eigenvalue weighted by molar-refractivity contribution is 7.88. The van der Waals surface area contributed by atoms with Crippen molar-refractivity contribution in [2.75, 3.05) is 32.4 Å². The van der Waals surface area contributed by atoms with Crippen molar-refractivity contribution in [2.24, 2.45) is 0 Å². The van der Waals surface area contributed by atoms with Gasteiger partial charge in [-0.3, -0.25) is 14.6 Å². The molecule has 0 saturated carbocycles. The molecule has 1 fully saturated rings. The molecule has 132 valence electrons. The number of hydrogen-bond acceptors (Lipinski definition) is 6. The smallest absolute Gasteiger partial charge is 0.264 e. The fourth-order valence-corrected chi connectivity index (χ4v) is 3.42. The summed E-state index contributed by atoms with van der Waals surface area (Å²) < 4.78 is 24.3. The molecule has 1 amide bonds. The number of amides is 1. The predicted octanol–water partition coefficient (Wildman–Crippen LogP) is -0.451. The minimum Gasteiger partial charge on any atom is -0.336 e. The topological polar surface area (TPSA) is 116 Å². The van der Waals surface area contributed by atoms with Gasteiger partial charge in [0.15, 0.2) is 0 Å². The summed E-state index contributed by atoms with van der Waals surface area (Å²) in [6.45, 7) is 0.888. The van der Waals surface area contributed by atoms with Gasteiger partial charge >= 0.3 is 0 Å². The van der Waals surface area contributed by atoms with Crippen molar-refractivity contribution in [1.29, 1.82) is 0 Å². The predicted molar refractivity (Wildman–Crippen MR) is 90.4 cm³/mol. The number of aromatic nitrogens is 3. The number of H-pyrrole nitrogens is 1. The molecule has 3 heterocycles. The number of carbonyl (C=O) groups is 1. The minimum atomic E-state index is -3.27. The van der Waals surface area contributed by atoms with Gasteiger partial charge in [0.2, 0.25) is 10.0 Å². The first-order valence-electron chi connectivity index (χ1n) is 7.60. The molecule has 2 aromatic heterocycles. The van der Waals surface area contributed by atoms with E-state index in [0.717, 1.165) is 6.26 Å². The molecule has 1 saturated heterocycles. The van der Waals surface area contributed by atoms with Crippen molar-refractivity contribution < 1.29 is 13.2 Å². The van der Waals surface area contributed by atoms with Gasteiger partial charge in [0.05, 0.1) is 6.26 Å². The number of piperazine rings is 1. The Balaban J connectivity index is 1.77. The highest BCUT2D eigenvalue weighted by atomic mass is 32.2. The quantitative estimate of drug-likeness (QED) is 0.789. The highest BCUT2D eigenvalue weighted by Gasteiger charge is 2.27. The maximum Gasteiger partial charge on any atom is 0.264 e. The highest BCUT2D eigenvalue weighted by Crippen LogP contribution is 2.12. The van der Waals surface area contributed by atoms with Gasteiger partial charge in [-0.05, 0) is 12.1 Å². The van der Waals surface area contributed by atoms with E-state index in [4.69, 9.17) is 0 Å². The first-order valence-corrected chi connectivity index (χ1v) is 9.45. The number of sulfonamides is 1. The molecule has 25 heavy (non-hydrogen) atoms. The summed E-state index contributed by atoms with van der Waals surface area (Å²) in [6, 6.07) is 3.47. The number of pyridine rings is 1. The Morgan fingerprint density at radius 2 is 1.92 bits per heavy atom. The molecule has 0 spiro atoms. The monoisotopic (exact) mass is 363 g/mol. The molecular weight excluding hydrogens is 346 g/mol. The lowest BCUT2D eigenvalue weighted by molar-refractivity contribution is 0.0696. The van der Waals surface area contributed by atoms with Crippen LogP contribution in [0.15, 0.2) is 35.5 Å². The standard InChI is InChI=1S/C15H17N5O4S/c1-25(23,24)20-7-5-19(6-8-20)15(22)12-10-17-13(18-14(12)21)11-3-2-4-16-9-11/h2-4,9-10H,5-8H2,1H3,(H,17,18,21). The molecule has 0 aliphatic carbocycles. The van der Waals surface area contributed by atoms with E-state index in [0.29, 0.717) is 11.4 Å². The van der Waals surface area contributed by atoms with Crippen LogP contribution in [0.25, 0.3) is 11.4 Å². The van der Waals surface area contributed by atoms with Crippen LogP contribution in [0.4, 0.5) is 0 Å². The summed E-state index contributed by atoms with van der Waals surface area (Å²) in [4.78, 5) is 36.9. The summed E-state index contributed by atoms with van der Waals surface area (Å²) in [5.74, 6) is -0.129. The maximum atomic E-state index is 12.5. The Bertz CT molecular complexity index is 934. The summed E-state index contributed by atoms with van der Waals surface area (Å²) >= 11 is 0. The van der Waals surface area contributed by atoms with Crippen molar-refractivity contribution in [3.63, 3.8) is 0 Å². The maximum absolute atomic E-state index is 12.5. The molecular formula is C15H17N5O4S. The average molecular weight is 363 g/mol. The van der Waals surface area contributed by atoms with E-state index in [1.165, 1.54) is 15.4 Å². The Morgan fingerprint density at radius 3 is 2.48 bits per heavy atom. The van der Waals surface area contributed by atoms with Crippen LogP contribution < -0.4 is 5.56 Å². The molecule has 3 rings (SSSR count). The second-order valence-corrected chi connectivity index (χ2v) is 7.65. The van der Waals surface area contributed by atoms with Crippen molar-refractivity contribution in [2.45, 2.75) is 0 Å². The molecule has 10 heteroatoms. The lowest BCUT2D eigenvalue weighted by atomic mass is 10.2. The van der Waals surface area contributed by atoms with Gasteiger partial charge in [-0.25, -0.2) is 13.4 Å². The molecule has 1 aliphatic rings. The van der Waals surface area contributed by atoms with Crippen molar-refractivity contribution in [1.82, 2.24) is 24.2 Å². The van der Waals surface area contributed by atoms with Crippen LogP contribution in [0.3, 0.4) is 0 Å². The number of rotatable bonds is 3. The van der Waals surface area contributed by atoms with Gasteiger partial charge in [0, 0.05) is 50.3 Å². The summed E-state index contributed by atoms with van der Waals surface area (Å²) in [5, 5.41) is 0. The first kappa shape index (κ1) is 17.2. The number of hydrogen-bond donors (Lipinski definition) is 1. The third kappa shape index (κ3) is 3.74. The van der Waals surface area contributed by atoms with E-state index in [-0.39, 0.29) is 31.7 Å². The molecule has 0 unspecified atom stereocenters. The van der Waals surface area contributed by atoms with Crippen molar-refractivity contribution >= 4 is 15.9 Å². The molecule has 0 radical (unpaired) electrons. The summed E-state index contributed by atoms with van der Waals surface area (Å²) in [7, 11) is -3.27. The second kappa shape index (κ2) is 6.73. The van der Waals surface area contributed by atoms with Crippen LogP contribution >= 0.6 is 0 Å². The van der Waals surface area contributed by atoms with Gasteiger partial charge in [-0.15, -0.1) is 0 Å². The molecule has 0 atom stereocenters. The van der Waals surface area contributed by atoms with Crippen LogP contribution in [0.2, 0.25) is 0 Å². The van der Waals surface area contributed by atoms with Gasteiger partial charge in [0.1, 0.15) is 11.4 Å². The van der Waals surface area contributed by atoms with Gasteiger partial charge in [0.25, 0.3) is 11.5 Å². The fourth-order valence-electron chi connectivity index (χ4n) is 2.59. The molecule has 0 bridgehead atoms. The Labute approximate surface area is 144 Å². The zero-order valence-electron chi connectivity index (χ0n) is 13.5. The SMILES string of the molecule is CS(=O)(=O)N1CCN(C(=O)c2cnc(-c3cccnc3)[nH]c2=O)CC1. The molecule has 1 aliphatic heterocycles. The second-order valence-electron chi connectivity index (χ2n) is 5.67. The van der Waals surface area contributed by atoms with Crippen LogP contribution in [-0.4, -0.2) is 70.9 Å². The van der Waals surface area contributed by atoms with E-state index in [1.54, 1.807) is 24.5 Å². The lowest BCUT2D eigenvalue weighted by Crippen LogP contribution is -2.51. The van der Waals surface area contributed by atoms with E-state index < -0.39 is 21.5 Å². The van der Waals surface area contributed by atoms with E-state index >= 15 is 0 Å². The third-order valence-corrected chi connectivity index (χ3v) is 5.26. The number of nitrogens with zero attached hydrogens (tertiary/aromatic N) is 4. The summed E-state index contributed by atoms with van der Waals surface area (Å²) in [5.41, 5.74) is 0.0326. The Morgan fingerprint density at radius 1 is 1.20 bits per heavy atom. The van der Waals surface area contributed by atoms with Gasteiger partial charge < -0.3 is 9.88 Å².